The molecule has 0 aliphatic rings. The number of methoxy groups -OCH3 is 1. The van der Waals surface area contributed by atoms with Crippen LogP contribution in [-0.4, -0.2) is 28.8 Å². The number of aromatic nitrogens is 1. The molecule has 3 rings (SSSR count). The van der Waals surface area contributed by atoms with Crippen LogP contribution in [0.5, 0.6) is 5.75 Å². The second-order valence-corrected chi connectivity index (χ2v) is 5.80. The molecule has 3 aromatic rings. The van der Waals surface area contributed by atoms with Gasteiger partial charge in [0.2, 0.25) is 0 Å². The zero-order chi connectivity index (χ0) is 17.1. The fourth-order valence-electron chi connectivity index (χ4n) is 2.87. The van der Waals surface area contributed by atoms with Gasteiger partial charge in [0.1, 0.15) is 11.8 Å². The van der Waals surface area contributed by atoms with Gasteiger partial charge < -0.3 is 20.1 Å². The molecular weight excluding hydrogens is 304 g/mol. The van der Waals surface area contributed by atoms with E-state index in [1.54, 1.807) is 7.11 Å². The van der Waals surface area contributed by atoms with Gasteiger partial charge in [-0.3, -0.25) is 4.79 Å². The molecule has 0 spiro atoms. The zero-order valence-electron chi connectivity index (χ0n) is 13.5. The van der Waals surface area contributed by atoms with Gasteiger partial charge in [0, 0.05) is 30.1 Å². The van der Waals surface area contributed by atoms with Gasteiger partial charge in [-0.25, -0.2) is 0 Å². The summed E-state index contributed by atoms with van der Waals surface area (Å²) in [4.78, 5) is 11.1. The van der Waals surface area contributed by atoms with Crippen LogP contribution in [0.1, 0.15) is 11.1 Å². The maximum Gasteiger partial charge on any atom is 0.320 e. The predicted octanol–water partition coefficient (Wildman–Crippen LogP) is 2.65. The lowest BCUT2D eigenvalue weighted by atomic mass is 10.1. The van der Waals surface area contributed by atoms with Crippen LogP contribution in [0.4, 0.5) is 0 Å². The SMILES string of the molecule is COc1ccc(Cn2cc(C[C@H](N)C(=O)O)c3ccccc32)cc1. The first-order valence-electron chi connectivity index (χ1n) is 7.76. The zero-order valence-corrected chi connectivity index (χ0v) is 13.5. The largest absolute Gasteiger partial charge is 0.497 e. The summed E-state index contributed by atoms with van der Waals surface area (Å²) in [6.45, 7) is 0.701. The first-order chi connectivity index (χ1) is 11.6. The van der Waals surface area contributed by atoms with Gasteiger partial charge in [-0.2, -0.15) is 0 Å². The molecule has 0 unspecified atom stereocenters. The Kier molecular flexibility index (Phi) is 4.53. The van der Waals surface area contributed by atoms with E-state index < -0.39 is 12.0 Å². The summed E-state index contributed by atoms with van der Waals surface area (Å²) in [5.41, 5.74) is 8.88. The number of benzene rings is 2. The maximum absolute atomic E-state index is 11.1. The smallest absolute Gasteiger partial charge is 0.320 e. The lowest BCUT2D eigenvalue weighted by molar-refractivity contribution is -0.138. The van der Waals surface area contributed by atoms with Crippen molar-refractivity contribution in [3.8, 4) is 5.75 Å². The van der Waals surface area contributed by atoms with Crippen LogP contribution >= 0.6 is 0 Å². The van der Waals surface area contributed by atoms with Crippen LogP contribution < -0.4 is 10.5 Å². The number of rotatable bonds is 6. The summed E-state index contributed by atoms with van der Waals surface area (Å²) in [6.07, 6.45) is 2.31. The number of hydrogen-bond donors (Lipinski definition) is 2. The van der Waals surface area contributed by atoms with E-state index in [0.717, 1.165) is 27.8 Å². The second-order valence-electron chi connectivity index (χ2n) is 5.80. The number of carboxylic acids is 1. The average molecular weight is 324 g/mol. The Bertz CT molecular complexity index is 853. The summed E-state index contributed by atoms with van der Waals surface area (Å²) >= 11 is 0. The van der Waals surface area contributed by atoms with Crippen molar-refractivity contribution in [2.24, 2.45) is 5.73 Å². The highest BCUT2D eigenvalue weighted by atomic mass is 16.5. The highest BCUT2D eigenvalue weighted by Crippen LogP contribution is 2.24. The Balaban J connectivity index is 1.93. The molecule has 0 saturated heterocycles. The minimum Gasteiger partial charge on any atom is -0.497 e. The van der Waals surface area contributed by atoms with Crippen LogP contribution in [0.25, 0.3) is 10.9 Å². The highest BCUT2D eigenvalue weighted by molar-refractivity contribution is 5.85. The molecule has 5 nitrogen and oxygen atoms in total. The first-order valence-corrected chi connectivity index (χ1v) is 7.76. The molecule has 0 aliphatic heterocycles. The van der Waals surface area contributed by atoms with Crippen LogP contribution in [0, 0.1) is 0 Å². The van der Waals surface area contributed by atoms with Gasteiger partial charge >= 0.3 is 5.97 Å². The van der Waals surface area contributed by atoms with Gasteiger partial charge in [-0.1, -0.05) is 30.3 Å². The van der Waals surface area contributed by atoms with Gasteiger partial charge in [0.15, 0.2) is 0 Å². The molecule has 0 fully saturated rings. The second kappa shape index (κ2) is 6.76. The predicted molar refractivity (Wildman–Crippen MR) is 93.3 cm³/mol. The molecule has 1 atom stereocenters. The Morgan fingerprint density at radius 1 is 1.21 bits per heavy atom. The Hall–Kier alpha value is -2.79. The van der Waals surface area contributed by atoms with Crippen molar-refractivity contribution in [1.29, 1.82) is 0 Å². The number of carbonyl (C=O) groups is 1. The molecule has 0 bridgehead atoms. The number of nitrogens with zero attached hydrogens (tertiary/aromatic N) is 1. The minimum absolute atomic E-state index is 0.311. The molecule has 24 heavy (non-hydrogen) atoms. The summed E-state index contributed by atoms with van der Waals surface area (Å²) in [5, 5.41) is 10.1. The van der Waals surface area contributed by atoms with Gasteiger partial charge in [0.25, 0.3) is 0 Å². The van der Waals surface area contributed by atoms with E-state index in [9.17, 15) is 4.79 Å². The lowest BCUT2D eigenvalue weighted by Gasteiger charge is -2.07. The van der Waals surface area contributed by atoms with Crippen molar-refractivity contribution in [2.45, 2.75) is 19.0 Å². The topological polar surface area (TPSA) is 77.5 Å². The van der Waals surface area contributed by atoms with E-state index >= 15 is 0 Å². The molecule has 5 heteroatoms. The van der Waals surface area contributed by atoms with E-state index in [1.165, 1.54) is 0 Å². The normalized spacial score (nSPS) is 12.2. The van der Waals surface area contributed by atoms with E-state index in [1.807, 2.05) is 54.7 Å². The summed E-state index contributed by atoms with van der Waals surface area (Å²) in [5.74, 6) is -0.161. The van der Waals surface area contributed by atoms with Crippen LogP contribution in [0.2, 0.25) is 0 Å². The van der Waals surface area contributed by atoms with Crippen molar-refractivity contribution in [1.82, 2.24) is 4.57 Å². The molecule has 124 valence electrons. The number of para-hydroxylation sites is 1. The van der Waals surface area contributed by atoms with Crippen molar-refractivity contribution in [3.05, 3.63) is 65.9 Å². The van der Waals surface area contributed by atoms with Crippen molar-refractivity contribution in [2.75, 3.05) is 7.11 Å². The Labute approximate surface area is 140 Å². The molecule has 0 radical (unpaired) electrons. The van der Waals surface area contributed by atoms with Gasteiger partial charge in [-0.05, 0) is 29.3 Å². The average Bonchev–Trinajstić information content (AvgIpc) is 2.93. The van der Waals surface area contributed by atoms with Crippen molar-refractivity contribution in [3.63, 3.8) is 0 Å². The number of ether oxygens (including phenoxy) is 1. The quantitative estimate of drug-likeness (QED) is 0.731. The molecular formula is C19H20N2O3. The van der Waals surface area contributed by atoms with E-state index in [0.29, 0.717) is 13.0 Å². The maximum atomic E-state index is 11.1. The molecule has 2 aromatic carbocycles. The van der Waals surface area contributed by atoms with Gasteiger partial charge in [-0.15, -0.1) is 0 Å². The number of hydrogen-bond acceptors (Lipinski definition) is 3. The van der Waals surface area contributed by atoms with Crippen LogP contribution in [0.3, 0.4) is 0 Å². The third-order valence-corrected chi connectivity index (χ3v) is 4.14. The number of fused-ring (bicyclic) bond motifs is 1. The lowest BCUT2D eigenvalue weighted by Crippen LogP contribution is -2.32. The van der Waals surface area contributed by atoms with Crippen molar-refractivity contribution < 1.29 is 14.6 Å². The first kappa shape index (κ1) is 16.1. The molecule has 3 N–H and O–H groups in total. The van der Waals surface area contributed by atoms with E-state index in [-0.39, 0.29) is 0 Å². The molecule has 0 amide bonds. The Morgan fingerprint density at radius 2 is 1.92 bits per heavy atom. The molecule has 1 aromatic heterocycles. The molecule has 0 aliphatic carbocycles. The summed E-state index contributed by atoms with van der Waals surface area (Å²) in [6, 6.07) is 15.0. The van der Waals surface area contributed by atoms with Crippen molar-refractivity contribution >= 4 is 16.9 Å². The molecule has 1 heterocycles. The number of nitrogens with two attached hydrogens (primary N) is 1. The standard InChI is InChI=1S/C19H20N2O3/c1-24-15-8-6-13(7-9-15)11-21-12-14(10-17(20)19(22)23)16-4-2-3-5-18(16)21/h2-9,12,17H,10-11,20H2,1H3,(H,22,23)/t17-/m0/s1. The van der Waals surface area contributed by atoms with Crippen LogP contribution in [-0.2, 0) is 17.8 Å². The van der Waals surface area contributed by atoms with E-state index in [2.05, 4.69) is 4.57 Å². The number of aliphatic carboxylic acids is 1. The monoisotopic (exact) mass is 324 g/mol. The van der Waals surface area contributed by atoms with Crippen LogP contribution in [0.15, 0.2) is 54.7 Å². The van der Waals surface area contributed by atoms with E-state index in [4.69, 9.17) is 15.6 Å². The third-order valence-electron chi connectivity index (χ3n) is 4.14. The highest BCUT2D eigenvalue weighted by Gasteiger charge is 2.16. The molecule has 0 saturated carbocycles. The number of carboxylic acid groups (broad SMARTS) is 1. The fourth-order valence-corrected chi connectivity index (χ4v) is 2.87. The summed E-state index contributed by atoms with van der Waals surface area (Å²) < 4.78 is 7.31. The Morgan fingerprint density at radius 3 is 2.58 bits per heavy atom. The summed E-state index contributed by atoms with van der Waals surface area (Å²) in [7, 11) is 1.65. The fraction of sp³-hybridized carbons (Fsp3) is 0.211. The third kappa shape index (κ3) is 3.26. The minimum atomic E-state index is -0.984. The van der Waals surface area contributed by atoms with Gasteiger partial charge in [0.05, 0.1) is 7.11 Å².